The lowest BCUT2D eigenvalue weighted by Crippen LogP contribution is -2.40. The number of piperidine rings is 2. The van der Waals surface area contributed by atoms with Gasteiger partial charge in [-0.2, -0.15) is 0 Å². The number of carbonyl (C=O) groups is 2. The number of amides is 2. The van der Waals surface area contributed by atoms with Gasteiger partial charge in [-0.05, 0) is 281 Å². The summed E-state index contributed by atoms with van der Waals surface area (Å²) in [5, 5.41) is 19.3. The summed E-state index contributed by atoms with van der Waals surface area (Å²) >= 11 is 8.46. The number of carbonyl (C=O) groups excluding carboxylic acids is 2. The first-order valence-corrected chi connectivity index (χ1v) is 46.4. The van der Waals surface area contributed by atoms with E-state index >= 15 is 0 Å². The molecule has 8 aliphatic carbocycles. The third-order valence-corrected chi connectivity index (χ3v) is 31.9. The number of aryl methyl sites for hydroxylation is 8. The van der Waals surface area contributed by atoms with Gasteiger partial charge in [0.25, 0.3) is 0 Å². The molecule has 3 saturated carbocycles. The van der Waals surface area contributed by atoms with E-state index in [1.165, 1.54) is 114 Å². The number of hydrogen-bond donors (Lipinski definition) is 5. The summed E-state index contributed by atoms with van der Waals surface area (Å²) < 4.78 is 49.2. The minimum absolute atomic E-state index is 0.0146. The highest BCUT2D eigenvalue weighted by Gasteiger charge is 2.35. The minimum Gasteiger partial charge on any atom is -0.369 e. The predicted octanol–water partition coefficient (Wildman–Crippen LogP) is 16.1. The summed E-state index contributed by atoms with van der Waals surface area (Å²) in [5.74, 6) is 6.53. The third kappa shape index (κ3) is 17.7. The van der Waals surface area contributed by atoms with E-state index in [1.807, 2.05) is 22.7 Å². The molecule has 114 heavy (non-hydrogen) atoms. The molecule has 2 aliphatic heterocycles. The van der Waals surface area contributed by atoms with Crippen LogP contribution in [0.1, 0.15) is 215 Å². The van der Waals surface area contributed by atoms with Crippen LogP contribution in [0.2, 0.25) is 0 Å². The number of nitrogens with two attached hydrogens (primary N) is 1. The number of nitrogens with one attached hydrogen (secondary N) is 4. The Bertz CT molecular complexity index is 5270. The molecular weight excluding hydrogens is 1520 g/mol. The van der Waals surface area contributed by atoms with Crippen LogP contribution in [0.4, 0.5) is 29.1 Å². The van der Waals surface area contributed by atoms with Gasteiger partial charge >= 0.3 is 0 Å². The van der Waals surface area contributed by atoms with Gasteiger partial charge in [0.1, 0.15) is 84.9 Å². The Balaban J connectivity index is 0.000000112. The molecule has 2 atom stereocenters. The first kappa shape index (κ1) is 73.4. The molecule has 0 aromatic carbocycles. The largest absolute Gasteiger partial charge is 0.369 e. The van der Waals surface area contributed by atoms with E-state index in [4.69, 9.17) is 14.0 Å². The summed E-state index contributed by atoms with van der Waals surface area (Å²) in [7, 11) is 14.7. The fourth-order valence-corrected chi connectivity index (χ4v) is 25.3. The highest BCUT2D eigenvalue weighted by Crippen LogP contribution is 2.47. The Hall–Kier alpha value is -6.98. The van der Waals surface area contributed by atoms with Crippen molar-refractivity contribution >= 4 is 149 Å². The summed E-state index contributed by atoms with van der Waals surface area (Å²) in [6, 6.07) is 3.37. The SMILES string of the molecule is CC1CCc2c(sc3ncnc(N4CCC(C(N)=O)CC4)c23)C1.CCC1CCc2c(sc3ncnc(N4CCC(C(=O)NC)CC4)c23)C1.[2H]C1([2H])CCc2c1sc1ncnc(NC3CCC(N(C)C)CC3)c21.[2H]C1([2H])CCc2sc3ncnc(NC4CCC(N(C)C)CC4)c3c21.[2H]C1([2H])Cc2sc3ncnc(NC4CCC(N(C)C)CC4)c3c2C1. The molecule has 20 rings (SSSR count). The van der Waals surface area contributed by atoms with Crippen LogP contribution in [0.25, 0.3) is 51.1 Å². The van der Waals surface area contributed by atoms with E-state index in [-0.39, 0.29) is 23.7 Å². The maximum atomic E-state index is 11.9. The second-order valence-corrected chi connectivity index (χ2v) is 39.3. The molecule has 2 saturated heterocycles. The van der Waals surface area contributed by atoms with Crippen LogP contribution in [-0.2, 0) is 73.7 Å². The number of thiophene rings is 5. The smallest absolute Gasteiger partial charge is 0.222 e. The fourth-order valence-electron chi connectivity index (χ4n) is 19.3. The summed E-state index contributed by atoms with van der Waals surface area (Å²) in [6.45, 7) is 8.11. The van der Waals surface area contributed by atoms with Crippen LogP contribution in [0.15, 0.2) is 31.6 Å². The van der Waals surface area contributed by atoms with Crippen molar-refractivity contribution in [1.29, 1.82) is 0 Å². The zero-order valence-corrected chi connectivity index (χ0v) is 72.2. The average molecular weight is 1640 g/mol. The molecule has 10 aliphatic rings. The molecule has 2 unspecified atom stereocenters. The standard InChI is InChI=1S/C19H26N4OS.C17H22N4OS.3C17H24N4S/c1-3-12-4-5-14-15(10-12)25-19-16(14)17(21-11-22-19)23-8-6-13(7-9-23)18(24)20-2;1-10-2-3-12-13(8-10)23-17-14(12)16(19-9-20-17)21-6-4-11(5-7-21)15(18)22;3*1-21(2)12-8-6-11(7-9-12)20-16-15-13-4-3-5-14(13)22-17(15)19-10-18-16/h11-13H,3-10H2,1-2H3,(H,20,24);9-11H,2-8H2,1H3,(H2,18,22);3*10-12H,3-9H2,1-2H3,(H,18,19,20)/i;;5D2;4D2;3D2. The fraction of sp³-hybridized carbons (Fsp3) is 0.632. The van der Waals surface area contributed by atoms with Gasteiger partial charge in [-0.25, -0.2) is 49.8 Å². The van der Waals surface area contributed by atoms with Gasteiger partial charge < -0.3 is 51.5 Å². The number of hydrogen-bond acceptors (Lipinski definition) is 25. The molecule has 22 nitrogen and oxygen atoms in total. The van der Waals surface area contributed by atoms with Gasteiger partial charge in [0.15, 0.2) is 0 Å². The minimum atomic E-state index is -1.25. The monoisotopic (exact) mass is 1640 g/mol. The van der Waals surface area contributed by atoms with E-state index < -0.39 is 19.1 Å². The van der Waals surface area contributed by atoms with Gasteiger partial charge in [0.05, 0.1) is 26.9 Å². The van der Waals surface area contributed by atoms with Crippen LogP contribution in [0.5, 0.6) is 0 Å². The van der Waals surface area contributed by atoms with Gasteiger partial charge in [-0.1, -0.05) is 20.3 Å². The van der Waals surface area contributed by atoms with E-state index in [9.17, 15) is 9.59 Å². The first-order valence-electron chi connectivity index (χ1n) is 45.3. The molecule has 10 aromatic rings. The lowest BCUT2D eigenvalue weighted by atomic mass is 9.86. The van der Waals surface area contributed by atoms with Crippen molar-refractivity contribution in [3.63, 3.8) is 0 Å². The quantitative estimate of drug-likeness (QED) is 0.0678. The summed E-state index contributed by atoms with van der Waals surface area (Å²) in [5.41, 5.74) is 11.5. The van der Waals surface area contributed by atoms with Crippen LogP contribution in [0, 0.1) is 23.7 Å². The van der Waals surface area contributed by atoms with Crippen molar-refractivity contribution < 1.29 is 17.8 Å². The van der Waals surface area contributed by atoms with Gasteiger partial charge in [0.2, 0.25) is 11.8 Å². The Morgan fingerprint density at radius 2 is 0.833 bits per heavy atom. The number of primary amides is 1. The Labute approximate surface area is 701 Å². The van der Waals surface area contributed by atoms with Gasteiger partial charge in [0, 0.05) is 114 Å². The highest BCUT2D eigenvalue weighted by atomic mass is 32.1. The zero-order valence-electron chi connectivity index (χ0n) is 74.1. The van der Waals surface area contributed by atoms with E-state index in [1.54, 1.807) is 61.4 Å². The number of nitrogens with zero attached hydrogens (tertiary/aromatic N) is 15. The Morgan fingerprint density at radius 3 is 1.30 bits per heavy atom. The second kappa shape index (κ2) is 36.5. The number of anilines is 5. The van der Waals surface area contributed by atoms with E-state index in [0.29, 0.717) is 61.9 Å². The molecule has 610 valence electrons. The predicted molar refractivity (Wildman–Crippen MR) is 473 cm³/mol. The number of aromatic nitrogens is 10. The maximum Gasteiger partial charge on any atom is 0.222 e. The maximum absolute atomic E-state index is 11.9. The lowest BCUT2D eigenvalue weighted by molar-refractivity contribution is -0.125. The van der Waals surface area contributed by atoms with Crippen molar-refractivity contribution in [2.75, 3.05) is 101 Å². The topological polar surface area (TPSA) is 253 Å². The molecule has 2 amide bonds. The molecule has 6 N–H and O–H groups in total. The van der Waals surface area contributed by atoms with Crippen LogP contribution in [0.3, 0.4) is 0 Å². The van der Waals surface area contributed by atoms with Crippen molar-refractivity contribution in [3.05, 3.63) is 83.8 Å². The van der Waals surface area contributed by atoms with Crippen molar-refractivity contribution in [1.82, 2.24) is 69.9 Å². The average Bonchev–Trinajstić information content (AvgIpc) is 1.60. The molecule has 27 heteroatoms. The molecular formula is C87H120N20O2S5. The Morgan fingerprint density at radius 1 is 0.439 bits per heavy atom. The Kier molecular flexibility index (Phi) is 23.5. The van der Waals surface area contributed by atoms with Gasteiger partial charge in [-0.3, -0.25) is 9.59 Å². The van der Waals surface area contributed by atoms with Crippen molar-refractivity contribution in [3.8, 4) is 0 Å². The van der Waals surface area contributed by atoms with Crippen LogP contribution < -0.4 is 36.8 Å². The third-order valence-electron chi connectivity index (χ3n) is 26.2. The number of fused-ring (bicyclic) bond motifs is 15. The molecule has 10 aromatic heterocycles. The van der Waals surface area contributed by atoms with Crippen LogP contribution in [-0.4, -0.2) is 188 Å². The molecule has 0 radical (unpaired) electrons. The first-order chi connectivity index (χ1) is 57.7. The lowest BCUT2D eigenvalue weighted by Gasteiger charge is -2.33. The van der Waals surface area contributed by atoms with Crippen LogP contribution >= 0.6 is 56.7 Å². The molecule has 0 spiro atoms. The molecule has 0 bridgehead atoms. The van der Waals surface area contributed by atoms with Crippen molar-refractivity contribution in [2.45, 2.75) is 255 Å². The molecule has 12 heterocycles. The highest BCUT2D eigenvalue weighted by molar-refractivity contribution is 7.20. The van der Waals surface area contributed by atoms with E-state index in [0.717, 1.165) is 229 Å². The summed E-state index contributed by atoms with van der Waals surface area (Å²) in [6.07, 6.45) is 34.4. The zero-order chi connectivity index (χ0) is 84.1. The molecule has 5 fully saturated rings. The van der Waals surface area contributed by atoms with Crippen molar-refractivity contribution in [2.24, 2.45) is 29.4 Å². The van der Waals surface area contributed by atoms with E-state index in [2.05, 4.69) is 152 Å². The number of rotatable bonds is 14. The summed E-state index contributed by atoms with van der Waals surface area (Å²) in [4.78, 5) is 91.2. The normalized spacial score (nSPS) is 25.7. The van der Waals surface area contributed by atoms with Gasteiger partial charge in [-0.15, -0.1) is 56.7 Å². The second-order valence-electron chi connectivity index (χ2n) is 34.0.